The Labute approximate surface area is 286 Å². The second-order valence-electron chi connectivity index (χ2n) is 10.9. The summed E-state index contributed by atoms with van der Waals surface area (Å²) in [4.78, 5) is 63.3. The molecule has 2 aromatic heterocycles. The number of nitrogens with zero attached hydrogens (tertiary/aromatic N) is 5. The number of phosphoric ester groups is 1. The standard InChI is InChI=1S/C23H31BN6O14P3S2/c1-13-10-30(22(32)25-21(13)31)19-9-17(18(42-19)11-41-46(36,37)44-47(38,39)43-45(33,34)35)40-12-48-49-23(3,4)24-16-7-5-15(6-8-16)20-28-26-14(2)27-29-20/h5-8,10,17-19H,9,11-12H2,1-4H3,(H,36,37)(H,38,39)(H,25,31,32)(H2,33,34,35)/t17-,18?,19-/m1/s1. The van der Waals surface area contributed by atoms with Gasteiger partial charge in [-0.05, 0) is 18.5 Å². The number of H-pyrrole nitrogens is 1. The van der Waals surface area contributed by atoms with Crippen LogP contribution in [0.5, 0.6) is 0 Å². The molecule has 3 heterocycles. The maximum absolute atomic E-state index is 12.5. The summed E-state index contributed by atoms with van der Waals surface area (Å²) in [5, 5.41) is 15.9. The number of hydrogen-bond acceptors (Lipinski definition) is 16. The lowest BCUT2D eigenvalue weighted by molar-refractivity contribution is -0.0543. The van der Waals surface area contributed by atoms with Gasteiger partial charge in [-0.15, -0.1) is 20.4 Å². The van der Waals surface area contributed by atoms with Crippen LogP contribution in [0.15, 0.2) is 40.1 Å². The molecule has 0 amide bonds. The second kappa shape index (κ2) is 16.1. The first-order chi connectivity index (χ1) is 22.7. The van der Waals surface area contributed by atoms with E-state index in [1.165, 1.54) is 34.7 Å². The van der Waals surface area contributed by atoms with Crippen molar-refractivity contribution in [3.05, 3.63) is 62.7 Å². The van der Waals surface area contributed by atoms with Crippen molar-refractivity contribution in [1.29, 1.82) is 0 Å². The molecule has 267 valence electrons. The Balaban J connectivity index is 1.37. The molecule has 5 atom stereocenters. The van der Waals surface area contributed by atoms with Crippen molar-refractivity contribution in [3.8, 4) is 11.4 Å². The van der Waals surface area contributed by atoms with E-state index in [9.17, 15) is 33.1 Å². The van der Waals surface area contributed by atoms with Gasteiger partial charge in [0.2, 0.25) is 5.82 Å². The van der Waals surface area contributed by atoms with Gasteiger partial charge in [0.05, 0.1) is 12.7 Å². The van der Waals surface area contributed by atoms with Gasteiger partial charge in [0, 0.05) is 23.7 Å². The maximum Gasteiger partial charge on any atom is 0.490 e. The summed E-state index contributed by atoms with van der Waals surface area (Å²) in [5.41, 5.74) is 0.493. The van der Waals surface area contributed by atoms with Crippen molar-refractivity contribution in [2.75, 3.05) is 12.5 Å². The van der Waals surface area contributed by atoms with Gasteiger partial charge in [-0.25, -0.2) is 18.5 Å². The number of rotatable bonds is 16. The van der Waals surface area contributed by atoms with E-state index in [2.05, 4.69) is 34.0 Å². The van der Waals surface area contributed by atoms with Crippen LogP contribution in [0.25, 0.3) is 11.4 Å². The van der Waals surface area contributed by atoms with Crippen LogP contribution in [0.2, 0.25) is 0 Å². The minimum Gasteiger partial charge on any atom is -0.364 e. The fourth-order valence-corrected chi connectivity index (χ4v) is 9.47. The summed E-state index contributed by atoms with van der Waals surface area (Å²) < 4.78 is 59.7. The largest absolute Gasteiger partial charge is 0.490 e. The van der Waals surface area contributed by atoms with Gasteiger partial charge >= 0.3 is 29.2 Å². The summed E-state index contributed by atoms with van der Waals surface area (Å²) in [5.74, 6) is 0.933. The zero-order chi connectivity index (χ0) is 36.2. The molecule has 5 N–H and O–H groups in total. The summed E-state index contributed by atoms with van der Waals surface area (Å²) in [7, 11) is -11.9. The third kappa shape index (κ3) is 12.3. The first kappa shape index (κ1) is 39.7. The molecule has 1 aromatic carbocycles. The first-order valence-corrected chi connectivity index (χ1v) is 20.7. The third-order valence-corrected chi connectivity index (χ3v) is 13.0. The lowest BCUT2D eigenvalue weighted by Gasteiger charge is -2.24. The Bertz CT molecular complexity index is 1880. The Kier molecular flexibility index (Phi) is 13.0. The third-order valence-electron chi connectivity index (χ3n) is 6.32. The Hall–Kier alpha value is -2.07. The number of hydrogen-bond donors (Lipinski definition) is 5. The van der Waals surface area contributed by atoms with E-state index < -0.39 is 64.4 Å². The van der Waals surface area contributed by atoms with Crippen molar-refractivity contribution < 1.29 is 55.9 Å². The molecule has 1 fully saturated rings. The van der Waals surface area contributed by atoms with Gasteiger partial charge in [0.25, 0.3) is 5.56 Å². The van der Waals surface area contributed by atoms with Crippen LogP contribution in [0.1, 0.15) is 37.9 Å². The van der Waals surface area contributed by atoms with Crippen molar-refractivity contribution in [1.82, 2.24) is 29.9 Å². The zero-order valence-corrected chi connectivity index (χ0v) is 30.4. The van der Waals surface area contributed by atoms with Gasteiger partial charge in [-0.1, -0.05) is 65.2 Å². The highest BCUT2D eigenvalue weighted by molar-refractivity contribution is 8.77. The number of aryl methyl sites for hydroxylation is 2. The maximum atomic E-state index is 12.5. The quantitative estimate of drug-likeness (QED) is 0.0452. The van der Waals surface area contributed by atoms with Gasteiger partial charge in [0.15, 0.2) is 13.1 Å². The molecule has 3 unspecified atom stereocenters. The van der Waals surface area contributed by atoms with Gasteiger partial charge in [0.1, 0.15) is 18.3 Å². The Morgan fingerprint density at radius 3 is 2.31 bits per heavy atom. The minimum atomic E-state index is -5.74. The fourth-order valence-electron chi connectivity index (χ4n) is 4.31. The van der Waals surface area contributed by atoms with Crippen molar-refractivity contribution >= 4 is 57.8 Å². The van der Waals surface area contributed by atoms with Crippen molar-refractivity contribution in [2.24, 2.45) is 0 Å². The highest BCUT2D eigenvalue weighted by atomic mass is 33.1. The van der Waals surface area contributed by atoms with E-state index in [0.717, 1.165) is 15.6 Å². The summed E-state index contributed by atoms with van der Waals surface area (Å²) in [6.07, 6.45) is -1.79. The fraction of sp³-hybridized carbons (Fsp3) is 0.478. The number of aromatic nitrogens is 6. The van der Waals surface area contributed by atoms with Crippen LogP contribution in [0.3, 0.4) is 0 Å². The number of ether oxygens (including phenoxy) is 2. The van der Waals surface area contributed by atoms with E-state index in [-0.39, 0.29) is 17.9 Å². The van der Waals surface area contributed by atoms with Crippen LogP contribution in [-0.2, 0) is 36.3 Å². The molecule has 0 bridgehead atoms. The molecule has 26 heteroatoms. The molecule has 1 aliphatic rings. The molecule has 0 spiro atoms. The normalized spacial score (nSPS) is 20.9. The Morgan fingerprint density at radius 1 is 1.02 bits per heavy atom. The molecular formula is C23H31BN6O14P3S2. The van der Waals surface area contributed by atoms with E-state index >= 15 is 0 Å². The number of aromatic amines is 1. The molecule has 49 heavy (non-hydrogen) atoms. The van der Waals surface area contributed by atoms with Crippen LogP contribution in [0.4, 0.5) is 0 Å². The van der Waals surface area contributed by atoms with Gasteiger partial charge < -0.3 is 29.0 Å². The zero-order valence-electron chi connectivity index (χ0n) is 26.1. The predicted molar refractivity (Wildman–Crippen MR) is 177 cm³/mol. The van der Waals surface area contributed by atoms with Crippen LogP contribution in [-0.4, -0.2) is 86.2 Å². The van der Waals surface area contributed by atoms with Crippen LogP contribution in [0, 0.1) is 13.8 Å². The highest BCUT2D eigenvalue weighted by Crippen LogP contribution is 2.66. The number of nitrogens with one attached hydrogen (secondary N) is 1. The van der Waals surface area contributed by atoms with E-state index in [1.807, 2.05) is 45.4 Å². The summed E-state index contributed by atoms with van der Waals surface area (Å²) in [6, 6.07) is 7.51. The SMILES string of the molecule is Cc1nnc(-c2ccc([B]C(C)(C)SSCO[C@@H]3C[C@H](n4cc(C)c(=O)[nH]c4=O)OC3COP(=O)(O)OP(=O)(O)OP(=O)(O)O)cc2)nn1. The average molecular weight is 783 g/mol. The topological polar surface area (TPSA) is 285 Å². The molecule has 4 rings (SSSR count). The minimum absolute atomic E-state index is 0.0125. The van der Waals surface area contributed by atoms with Crippen LogP contribution < -0.4 is 16.7 Å². The lowest BCUT2D eigenvalue weighted by atomic mass is 9.60. The number of benzene rings is 1. The van der Waals surface area contributed by atoms with Crippen LogP contribution >= 0.6 is 45.1 Å². The predicted octanol–water partition coefficient (Wildman–Crippen LogP) is 1.52. The first-order valence-electron chi connectivity index (χ1n) is 13.9. The lowest BCUT2D eigenvalue weighted by Crippen LogP contribution is -2.33. The van der Waals surface area contributed by atoms with E-state index in [4.69, 9.17) is 23.8 Å². The number of phosphoric acid groups is 3. The average Bonchev–Trinajstić information content (AvgIpc) is 3.38. The molecule has 1 aliphatic heterocycles. The molecule has 1 saturated heterocycles. The van der Waals surface area contributed by atoms with Gasteiger partial charge in [-0.2, -0.15) is 8.62 Å². The molecule has 1 radical (unpaired) electrons. The van der Waals surface area contributed by atoms with Gasteiger partial charge in [-0.3, -0.25) is 18.9 Å². The monoisotopic (exact) mass is 783 g/mol. The summed E-state index contributed by atoms with van der Waals surface area (Å²) in [6.45, 7) is 6.34. The molecule has 0 saturated carbocycles. The smallest absolute Gasteiger partial charge is 0.364 e. The second-order valence-corrected chi connectivity index (χ2v) is 18.2. The molecule has 20 nitrogen and oxygen atoms in total. The summed E-state index contributed by atoms with van der Waals surface area (Å²) >= 11 is 0. The van der Waals surface area contributed by atoms with Crippen molar-refractivity contribution in [2.45, 2.75) is 57.2 Å². The van der Waals surface area contributed by atoms with E-state index in [1.54, 1.807) is 6.92 Å². The molecule has 3 aromatic rings. The van der Waals surface area contributed by atoms with E-state index in [0.29, 0.717) is 11.6 Å². The molecular weight excluding hydrogens is 752 g/mol. The molecule has 0 aliphatic carbocycles. The Morgan fingerprint density at radius 2 is 1.67 bits per heavy atom. The van der Waals surface area contributed by atoms with Crippen molar-refractivity contribution in [3.63, 3.8) is 0 Å². The highest BCUT2D eigenvalue weighted by Gasteiger charge is 2.43.